The maximum absolute atomic E-state index is 6.19. The molecule has 3 rings (SSSR count). The first-order valence-electron chi connectivity index (χ1n) is 7.70. The Balaban J connectivity index is 1.55. The quantitative estimate of drug-likeness (QED) is 0.903. The van der Waals surface area contributed by atoms with E-state index in [0.29, 0.717) is 6.04 Å². The van der Waals surface area contributed by atoms with E-state index >= 15 is 0 Å². The Hall–Kier alpha value is -0.810. The molecule has 2 aliphatic rings. The maximum Gasteiger partial charge on any atom is 0.127 e. The van der Waals surface area contributed by atoms with Gasteiger partial charge in [0.25, 0.3) is 0 Å². The van der Waals surface area contributed by atoms with Crippen LogP contribution >= 0.6 is 11.6 Å². The van der Waals surface area contributed by atoms with Crippen LogP contribution in [0.2, 0.25) is 5.02 Å². The lowest BCUT2D eigenvalue weighted by atomic mass is 10.1. The lowest BCUT2D eigenvalue weighted by Gasteiger charge is -2.29. The summed E-state index contributed by atoms with van der Waals surface area (Å²) in [7, 11) is 0. The van der Waals surface area contributed by atoms with Crippen molar-refractivity contribution >= 4 is 11.6 Å². The number of halogens is 1. The zero-order valence-corrected chi connectivity index (χ0v) is 13.3. The molecule has 1 aromatic carbocycles. The second-order valence-electron chi connectivity index (χ2n) is 5.85. The Morgan fingerprint density at radius 2 is 2.10 bits per heavy atom. The largest absolute Gasteiger partial charge is 0.493 e. The lowest BCUT2D eigenvalue weighted by molar-refractivity contribution is 0.0343. The fraction of sp³-hybridized carbons (Fsp3) is 0.625. The van der Waals surface area contributed by atoms with E-state index in [-0.39, 0.29) is 0 Å². The molecule has 2 heterocycles. The van der Waals surface area contributed by atoms with Crippen LogP contribution in [0.1, 0.15) is 18.1 Å². The molecule has 0 spiro atoms. The van der Waals surface area contributed by atoms with Gasteiger partial charge >= 0.3 is 0 Å². The summed E-state index contributed by atoms with van der Waals surface area (Å²) >= 11 is 6.19. The molecule has 0 radical (unpaired) electrons. The van der Waals surface area contributed by atoms with Gasteiger partial charge in [0.05, 0.1) is 19.8 Å². The summed E-state index contributed by atoms with van der Waals surface area (Å²) in [5, 5.41) is 4.38. The van der Waals surface area contributed by atoms with Gasteiger partial charge in [-0.05, 0) is 24.6 Å². The number of hydrogen-bond acceptors (Lipinski definition) is 4. The summed E-state index contributed by atoms with van der Waals surface area (Å²) in [6.45, 7) is 8.60. The van der Waals surface area contributed by atoms with E-state index in [1.807, 2.05) is 12.1 Å². The van der Waals surface area contributed by atoms with Crippen LogP contribution in [0.15, 0.2) is 12.1 Å². The Morgan fingerprint density at radius 1 is 1.29 bits per heavy atom. The molecular weight excluding hydrogens is 288 g/mol. The van der Waals surface area contributed by atoms with Crippen molar-refractivity contribution in [1.82, 2.24) is 10.2 Å². The minimum absolute atomic E-state index is 0.430. The zero-order chi connectivity index (χ0) is 14.7. The molecule has 2 aliphatic heterocycles. The number of nitrogens with zero attached hydrogens (tertiary/aromatic N) is 1. The smallest absolute Gasteiger partial charge is 0.127 e. The van der Waals surface area contributed by atoms with Crippen molar-refractivity contribution in [3.8, 4) is 5.75 Å². The second-order valence-corrected chi connectivity index (χ2v) is 6.28. The fourth-order valence-corrected chi connectivity index (χ4v) is 3.26. The first kappa shape index (κ1) is 15.1. The third-order valence-electron chi connectivity index (χ3n) is 4.10. The summed E-state index contributed by atoms with van der Waals surface area (Å²) < 4.78 is 11.1. The third-order valence-corrected chi connectivity index (χ3v) is 4.32. The third kappa shape index (κ3) is 3.89. The van der Waals surface area contributed by atoms with Gasteiger partial charge in [0, 0.05) is 49.2 Å². The van der Waals surface area contributed by atoms with Crippen molar-refractivity contribution in [2.24, 2.45) is 0 Å². The fourth-order valence-electron chi connectivity index (χ4n) is 3.00. The van der Waals surface area contributed by atoms with Gasteiger partial charge in [-0.1, -0.05) is 11.6 Å². The van der Waals surface area contributed by atoms with Gasteiger partial charge in [0.15, 0.2) is 0 Å². The minimum atomic E-state index is 0.430. The number of benzene rings is 1. The molecule has 5 heteroatoms. The number of morpholine rings is 1. The van der Waals surface area contributed by atoms with E-state index in [2.05, 4.69) is 17.1 Å². The van der Waals surface area contributed by atoms with E-state index in [1.165, 1.54) is 11.1 Å². The molecule has 1 N–H and O–H groups in total. The summed E-state index contributed by atoms with van der Waals surface area (Å²) in [5.41, 5.74) is 2.41. The lowest BCUT2D eigenvalue weighted by Crippen LogP contribution is -2.44. The molecular formula is C16H23ClN2O2. The van der Waals surface area contributed by atoms with E-state index < -0.39 is 0 Å². The Kier molecular flexibility index (Phi) is 5.01. The molecule has 0 aromatic heterocycles. The van der Waals surface area contributed by atoms with Gasteiger partial charge in [0.1, 0.15) is 5.75 Å². The van der Waals surface area contributed by atoms with E-state index in [4.69, 9.17) is 21.1 Å². The van der Waals surface area contributed by atoms with Crippen molar-refractivity contribution in [2.45, 2.75) is 25.9 Å². The van der Waals surface area contributed by atoms with Crippen molar-refractivity contribution in [3.05, 3.63) is 28.3 Å². The molecule has 1 aromatic rings. The molecule has 0 aliphatic carbocycles. The Morgan fingerprint density at radius 3 is 2.90 bits per heavy atom. The van der Waals surface area contributed by atoms with Crippen molar-refractivity contribution in [1.29, 1.82) is 0 Å². The van der Waals surface area contributed by atoms with Gasteiger partial charge in [-0.3, -0.25) is 4.90 Å². The first-order chi connectivity index (χ1) is 10.2. The first-order valence-corrected chi connectivity index (χ1v) is 8.08. The highest BCUT2D eigenvalue weighted by molar-refractivity contribution is 6.30. The average molecular weight is 311 g/mol. The van der Waals surface area contributed by atoms with Gasteiger partial charge < -0.3 is 14.8 Å². The summed E-state index contributed by atoms with van der Waals surface area (Å²) in [4.78, 5) is 2.44. The van der Waals surface area contributed by atoms with Crippen LogP contribution in [0.3, 0.4) is 0 Å². The van der Waals surface area contributed by atoms with Gasteiger partial charge in [0.2, 0.25) is 0 Å². The molecule has 0 saturated carbocycles. The molecule has 1 unspecified atom stereocenters. The van der Waals surface area contributed by atoms with Crippen LogP contribution in [0.25, 0.3) is 0 Å². The number of nitrogens with one attached hydrogen (secondary N) is 1. The van der Waals surface area contributed by atoms with E-state index in [1.54, 1.807) is 0 Å². The molecule has 1 saturated heterocycles. The molecule has 4 nitrogen and oxygen atoms in total. The number of ether oxygens (including phenoxy) is 2. The number of fused-ring (bicyclic) bond motifs is 1. The van der Waals surface area contributed by atoms with Crippen LogP contribution in [-0.4, -0.2) is 50.4 Å². The standard InChI is InChI=1S/C16H23ClN2O2/c1-12(11-19-3-6-20-7-4-19)18-10-14-9-15(17)8-13-2-5-21-16(13)14/h8-9,12,18H,2-7,10-11H2,1H3. The summed E-state index contributed by atoms with van der Waals surface area (Å²) in [6, 6.07) is 4.46. The topological polar surface area (TPSA) is 33.7 Å². The second kappa shape index (κ2) is 6.97. The predicted octanol–water partition coefficient (Wildman–Crippen LogP) is 2.09. The van der Waals surface area contributed by atoms with Gasteiger partial charge in [-0.2, -0.15) is 0 Å². The summed E-state index contributed by atoms with van der Waals surface area (Å²) in [6.07, 6.45) is 0.965. The highest BCUT2D eigenvalue weighted by atomic mass is 35.5. The highest BCUT2D eigenvalue weighted by Gasteiger charge is 2.18. The monoisotopic (exact) mass is 310 g/mol. The zero-order valence-electron chi connectivity index (χ0n) is 12.5. The number of rotatable bonds is 5. The predicted molar refractivity (Wildman–Crippen MR) is 84.2 cm³/mol. The van der Waals surface area contributed by atoms with Crippen LogP contribution in [0.4, 0.5) is 0 Å². The maximum atomic E-state index is 6.19. The molecule has 116 valence electrons. The van der Waals surface area contributed by atoms with E-state index in [9.17, 15) is 0 Å². The van der Waals surface area contributed by atoms with E-state index in [0.717, 1.165) is 63.2 Å². The van der Waals surface area contributed by atoms with Crippen molar-refractivity contribution < 1.29 is 9.47 Å². The molecule has 1 atom stereocenters. The highest BCUT2D eigenvalue weighted by Crippen LogP contribution is 2.32. The average Bonchev–Trinajstić information content (AvgIpc) is 2.94. The molecule has 0 amide bonds. The minimum Gasteiger partial charge on any atom is -0.493 e. The summed E-state index contributed by atoms with van der Waals surface area (Å²) in [5.74, 6) is 1.03. The molecule has 1 fully saturated rings. The van der Waals surface area contributed by atoms with Crippen molar-refractivity contribution in [3.63, 3.8) is 0 Å². The number of hydrogen-bond donors (Lipinski definition) is 1. The van der Waals surface area contributed by atoms with Crippen LogP contribution in [-0.2, 0) is 17.7 Å². The Bertz CT molecular complexity index is 489. The van der Waals surface area contributed by atoms with Crippen LogP contribution < -0.4 is 10.1 Å². The van der Waals surface area contributed by atoms with Crippen LogP contribution in [0.5, 0.6) is 5.75 Å². The van der Waals surface area contributed by atoms with Gasteiger partial charge in [-0.15, -0.1) is 0 Å². The molecule has 21 heavy (non-hydrogen) atoms. The van der Waals surface area contributed by atoms with Crippen molar-refractivity contribution in [2.75, 3.05) is 39.5 Å². The molecule has 0 bridgehead atoms. The SMILES string of the molecule is CC(CN1CCOCC1)NCc1cc(Cl)cc2c1OCC2. The van der Waals surface area contributed by atoms with Crippen LogP contribution in [0, 0.1) is 0 Å². The normalized spacial score (nSPS) is 20.1. The van der Waals surface area contributed by atoms with Gasteiger partial charge in [-0.25, -0.2) is 0 Å². The Labute approximate surface area is 131 Å².